The van der Waals surface area contributed by atoms with Gasteiger partial charge in [0.15, 0.2) is 5.82 Å². The Morgan fingerprint density at radius 1 is 1.10 bits per heavy atom. The monoisotopic (exact) mass is 445 g/mol. The molecule has 158 valence electrons. The number of carbonyl (C=O) groups is 1. The molecule has 0 unspecified atom stereocenters. The first kappa shape index (κ1) is 22.3. The second-order valence-corrected chi connectivity index (χ2v) is 9.43. The first-order valence-electron chi connectivity index (χ1n) is 9.77. The summed E-state index contributed by atoms with van der Waals surface area (Å²) < 4.78 is 6.91. The van der Waals surface area contributed by atoms with Crippen molar-refractivity contribution >= 4 is 29.1 Å². The Balaban J connectivity index is 2.05. The Bertz CT molecular complexity index is 1050. The summed E-state index contributed by atoms with van der Waals surface area (Å²) in [6.45, 7) is 10.9. The molecule has 0 bridgehead atoms. The molecule has 0 saturated carbocycles. The van der Waals surface area contributed by atoms with Crippen molar-refractivity contribution in [2.24, 2.45) is 5.92 Å². The summed E-state index contributed by atoms with van der Waals surface area (Å²) >= 11 is 12.2. The number of hydrogen-bond donors (Lipinski definition) is 0. The Labute approximate surface area is 187 Å². The van der Waals surface area contributed by atoms with Crippen molar-refractivity contribution < 1.29 is 9.53 Å². The highest BCUT2D eigenvalue weighted by Crippen LogP contribution is 2.28. The Hall–Kier alpha value is -2.37. The third kappa shape index (κ3) is 5.02. The van der Waals surface area contributed by atoms with Gasteiger partial charge in [0.2, 0.25) is 0 Å². The van der Waals surface area contributed by atoms with Crippen LogP contribution in [-0.2, 0) is 5.41 Å². The molecular weight excluding hydrogens is 421 g/mol. The van der Waals surface area contributed by atoms with E-state index in [1.807, 2.05) is 38.1 Å². The summed E-state index contributed by atoms with van der Waals surface area (Å²) in [6.07, 6.45) is 0. The highest BCUT2D eigenvalue weighted by Gasteiger charge is 2.23. The Morgan fingerprint density at radius 2 is 1.77 bits per heavy atom. The van der Waals surface area contributed by atoms with Crippen LogP contribution in [0.4, 0.5) is 0 Å². The Kier molecular flexibility index (Phi) is 6.53. The van der Waals surface area contributed by atoms with Gasteiger partial charge in [0.1, 0.15) is 0 Å². The van der Waals surface area contributed by atoms with Crippen LogP contribution in [0.15, 0.2) is 42.5 Å². The first-order valence-corrected chi connectivity index (χ1v) is 10.5. The standard InChI is InChI=1S/C23H25Cl2N3O2/c1-14(2)13-30-22-26-20(15-6-8-16(9-7-15)23(3,4)5)28(27-22)21(29)18-11-10-17(24)12-19(18)25/h6-12,14H,13H2,1-5H3. The number of nitrogens with zero attached hydrogens (tertiary/aromatic N) is 3. The zero-order valence-corrected chi connectivity index (χ0v) is 19.3. The molecule has 1 aromatic heterocycles. The summed E-state index contributed by atoms with van der Waals surface area (Å²) in [5.41, 5.74) is 2.24. The number of halogens is 2. The number of hydrogen-bond acceptors (Lipinski definition) is 4. The molecule has 7 heteroatoms. The molecule has 5 nitrogen and oxygen atoms in total. The largest absolute Gasteiger partial charge is 0.462 e. The van der Waals surface area contributed by atoms with Crippen molar-refractivity contribution in [3.63, 3.8) is 0 Å². The van der Waals surface area contributed by atoms with Crippen LogP contribution < -0.4 is 4.74 Å². The van der Waals surface area contributed by atoms with E-state index in [1.165, 1.54) is 16.3 Å². The minimum atomic E-state index is -0.404. The van der Waals surface area contributed by atoms with E-state index in [2.05, 4.69) is 30.9 Å². The minimum absolute atomic E-state index is 0.0182. The second kappa shape index (κ2) is 8.78. The topological polar surface area (TPSA) is 57.0 Å². The fraction of sp³-hybridized carbons (Fsp3) is 0.348. The lowest BCUT2D eigenvalue weighted by molar-refractivity contribution is 0.0944. The molecule has 3 rings (SSSR count). The lowest BCUT2D eigenvalue weighted by atomic mass is 9.87. The molecule has 0 amide bonds. The molecule has 0 aliphatic rings. The molecule has 0 aliphatic heterocycles. The molecule has 0 saturated heterocycles. The van der Waals surface area contributed by atoms with Gasteiger partial charge in [-0.15, -0.1) is 5.10 Å². The van der Waals surface area contributed by atoms with Gasteiger partial charge < -0.3 is 4.74 Å². The van der Waals surface area contributed by atoms with Crippen LogP contribution in [0.25, 0.3) is 11.4 Å². The van der Waals surface area contributed by atoms with Crippen molar-refractivity contribution in [2.45, 2.75) is 40.0 Å². The van der Waals surface area contributed by atoms with E-state index in [-0.39, 0.29) is 22.0 Å². The molecular formula is C23H25Cl2N3O2. The maximum atomic E-state index is 13.2. The molecule has 30 heavy (non-hydrogen) atoms. The number of aromatic nitrogens is 3. The molecule has 0 atom stereocenters. The van der Waals surface area contributed by atoms with Gasteiger partial charge in [-0.3, -0.25) is 4.79 Å². The van der Waals surface area contributed by atoms with E-state index >= 15 is 0 Å². The maximum absolute atomic E-state index is 13.2. The van der Waals surface area contributed by atoms with E-state index in [0.717, 1.165) is 5.56 Å². The quantitative estimate of drug-likeness (QED) is 0.463. The number of rotatable bonds is 5. The average Bonchev–Trinajstić information content (AvgIpc) is 3.09. The fourth-order valence-electron chi connectivity index (χ4n) is 2.82. The summed E-state index contributed by atoms with van der Waals surface area (Å²) in [5.74, 6) is 0.288. The van der Waals surface area contributed by atoms with Gasteiger partial charge in [0.25, 0.3) is 5.91 Å². The van der Waals surface area contributed by atoms with Crippen LogP contribution in [0, 0.1) is 5.92 Å². The second-order valence-electron chi connectivity index (χ2n) is 8.59. The van der Waals surface area contributed by atoms with E-state index in [0.29, 0.717) is 23.4 Å². The number of carbonyl (C=O) groups excluding carboxylic acids is 1. The van der Waals surface area contributed by atoms with Crippen molar-refractivity contribution in [2.75, 3.05) is 6.61 Å². The van der Waals surface area contributed by atoms with Gasteiger partial charge in [-0.2, -0.15) is 9.67 Å². The van der Waals surface area contributed by atoms with Crippen LogP contribution in [0.1, 0.15) is 50.5 Å². The highest BCUT2D eigenvalue weighted by molar-refractivity contribution is 6.36. The third-order valence-electron chi connectivity index (χ3n) is 4.50. The molecule has 3 aromatic rings. The van der Waals surface area contributed by atoms with Gasteiger partial charge in [-0.05, 0) is 35.1 Å². The first-order chi connectivity index (χ1) is 14.1. The van der Waals surface area contributed by atoms with E-state index in [9.17, 15) is 4.79 Å². The minimum Gasteiger partial charge on any atom is -0.462 e. The van der Waals surface area contributed by atoms with Crippen LogP contribution in [-0.4, -0.2) is 27.3 Å². The van der Waals surface area contributed by atoms with E-state index in [4.69, 9.17) is 27.9 Å². The number of ether oxygens (including phenoxy) is 1. The summed E-state index contributed by atoms with van der Waals surface area (Å²) in [4.78, 5) is 17.7. The van der Waals surface area contributed by atoms with Gasteiger partial charge in [-0.1, -0.05) is 82.1 Å². The zero-order chi connectivity index (χ0) is 22.1. The molecule has 0 fully saturated rings. The van der Waals surface area contributed by atoms with Crippen molar-refractivity contribution in [1.82, 2.24) is 14.8 Å². The predicted molar refractivity (Wildman–Crippen MR) is 121 cm³/mol. The molecule has 1 heterocycles. The summed E-state index contributed by atoms with van der Waals surface area (Å²) in [7, 11) is 0. The van der Waals surface area contributed by atoms with Crippen molar-refractivity contribution in [3.05, 3.63) is 63.6 Å². The normalized spacial score (nSPS) is 11.7. The lowest BCUT2D eigenvalue weighted by Crippen LogP contribution is -2.16. The Morgan fingerprint density at radius 3 is 2.33 bits per heavy atom. The van der Waals surface area contributed by atoms with Gasteiger partial charge in [0, 0.05) is 10.6 Å². The van der Waals surface area contributed by atoms with Gasteiger partial charge >= 0.3 is 6.01 Å². The lowest BCUT2D eigenvalue weighted by Gasteiger charge is -2.19. The van der Waals surface area contributed by atoms with Crippen LogP contribution >= 0.6 is 23.2 Å². The average molecular weight is 446 g/mol. The summed E-state index contributed by atoms with van der Waals surface area (Å²) in [5, 5.41) is 5.02. The molecule has 0 N–H and O–H groups in total. The van der Waals surface area contributed by atoms with Crippen molar-refractivity contribution in [1.29, 1.82) is 0 Å². The molecule has 0 aliphatic carbocycles. The van der Waals surface area contributed by atoms with Gasteiger partial charge in [0.05, 0.1) is 17.2 Å². The molecule has 0 radical (unpaired) electrons. The maximum Gasteiger partial charge on any atom is 0.336 e. The van der Waals surface area contributed by atoms with Crippen LogP contribution in [0.2, 0.25) is 10.0 Å². The van der Waals surface area contributed by atoms with E-state index < -0.39 is 5.91 Å². The van der Waals surface area contributed by atoms with Crippen molar-refractivity contribution in [3.8, 4) is 17.4 Å². The predicted octanol–water partition coefficient (Wildman–Crippen LogP) is 6.27. The third-order valence-corrected chi connectivity index (χ3v) is 5.04. The number of benzene rings is 2. The molecule has 0 spiro atoms. The summed E-state index contributed by atoms with van der Waals surface area (Å²) in [6, 6.07) is 12.8. The highest BCUT2D eigenvalue weighted by atomic mass is 35.5. The SMILES string of the molecule is CC(C)COc1nc(-c2ccc(C(C)(C)C)cc2)n(C(=O)c2ccc(Cl)cc2Cl)n1. The van der Waals surface area contributed by atoms with Crippen LogP contribution in [0.3, 0.4) is 0 Å². The van der Waals surface area contributed by atoms with E-state index in [1.54, 1.807) is 12.1 Å². The van der Waals surface area contributed by atoms with Gasteiger partial charge in [-0.25, -0.2) is 0 Å². The zero-order valence-electron chi connectivity index (χ0n) is 17.7. The molecule has 2 aromatic carbocycles. The smallest absolute Gasteiger partial charge is 0.336 e. The fourth-order valence-corrected chi connectivity index (χ4v) is 3.31. The van der Waals surface area contributed by atoms with Crippen LogP contribution in [0.5, 0.6) is 6.01 Å².